The summed E-state index contributed by atoms with van der Waals surface area (Å²) in [6.45, 7) is 0.930. The van der Waals surface area contributed by atoms with Crippen molar-refractivity contribution in [3.05, 3.63) is 34.9 Å². The maximum atomic E-state index is 5.87. The molecule has 1 aromatic rings. The molecule has 0 saturated carbocycles. The number of hydrogen-bond donors (Lipinski definition) is 1. The van der Waals surface area contributed by atoms with Gasteiger partial charge in [0.1, 0.15) is 6.10 Å². The van der Waals surface area contributed by atoms with Crippen LogP contribution in [-0.2, 0) is 9.47 Å². The van der Waals surface area contributed by atoms with Crippen LogP contribution >= 0.6 is 11.6 Å². The van der Waals surface area contributed by atoms with Gasteiger partial charge in [0.15, 0.2) is 6.29 Å². The third-order valence-electron chi connectivity index (χ3n) is 2.16. The Morgan fingerprint density at radius 2 is 2.36 bits per heavy atom. The van der Waals surface area contributed by atoms with E-state index < -0.39 is 0 Å². The summed E-state index contributed by atoms with van der Waals surface area (Å²) < 4.78 is 10.9. The molecule has 0 amide bonds. The zero-order valence-corrected chi connectivity index (χ0v) is 8.41. The highest BCUT2D eigenvalue weighted by atomic mass is 35.5. The maximum Gasteiger partial charge on any atom is 0.170 e. The van der Waals surface area contributed by atoms with Crippen molar-refractivity contribution in [2.24, 2.45) is 5.73 Å². The van der Waals surface area contributed by atoms with Crippen LogP contribution in [0.1, 0.15) is 11.7 Å². The van der Waals surface area contributed by atoms with Gasteiger partial charge in [0.05, 0.1) is 6.61 Å². The first-order valence-electron chi connectivity index (χ1n) is 4.52. The van der Waals surface area contributed by atoms with Crippen molar-refractivity contribution in [1.82, 2.24) is 0 Å². The van der Waals surface area contributed by atoms with E-state index in [1.54, 1.807) is 0 Å². The van der Waals surface area contributed by atoms with Gasteiger partial charge < -0.3 is 15.2 Å². The van der Waals surface area contributed by atoms with Gasteiger partial charge in [0.2, 0.25) is 0 Å². The SMILES string of the molecule is NCC1OCC(c2cccc(Cl)c2)O1. The highest BCUT2D eigenvalue weighted by molar-refractivity contribution is 6.30. The topological polar surface area (TPSA) is 44.5 Å². The summed E-state index contributed by atoms with van der Waals surface area (Å²) in [5.74, 6) is 0. The first kappa shape index (κ1) is 9.93. The van der Waals surface area contributed by atoms with Crippen molar-refractivity contribution in [1.29, 1.82) is 0 Å². The fourth-order valence-electron chi connectivity index (χ4n) is 1.46. The molecule has 1 aliphatic heterocycles. The summed E-state index contributed by atoms with van der Waals surface area (Å²) >= 11 is 5.87. The number of benzene rings is 1. The molecule has 2 unspecified atom stereocenters. The molecule has 1 heterocycles. The van der Waals surface area contributed by atoms with Gasteiger partial charge in [-0.3, -0.25) is 0 Å². The first-order valence-corrected chi connectivity index (χ1v) is 4.90. The Hall–Kier alpha value is -0.610. The predicted molar refractivity (Wildman–Crippen MR) is 54.1 cm³/mol. The molecule has 2 rings (SSSR count). The summed E-state index contributed by atoms with van der Waals surface area (Å²) in [4.78, 5) is 0. The second-order valence-corrected chi connectivity index (χ2v) is 3.61. The molecule has 0 bridgehead atoms. The van der Waals surface area contributed by atoms with Crippen molar-refractivity contribution < 1.29 is 9.47 Å². The van der Waals surface area contributed by atoms with E-state index in [4.69, 9.17) is 26.8 Å². The van der Waals surface area contributed by atoms with Crippen molar-refractivity contribution >= 4 is 11.6 Å². The van der Waals surface area contributed by atoms with E-state index in [1.807, 2.05) is 24.3 Å². The minimum atomic E-state index is -0.279. The van der Waals surface area contributed by atoms with Crippen molar-refractivity contribution in [2.75, 3.05) is 13.2 Å². The highest BCUT2D eigenvalue weighted by Gasteiger charge is 2.25. The van der Waals surface area contributed by atoms with E-state index in [0.717, 1.165) is 5.56 Å². The molecule has 14 heavy (non-hydrogen) atoms. The molecule has 1 aliphatic rings. The maximum absolute atomic E-state index is 5.87. The van der Waals surface area contributed by atoms with Gasteiger partial charge in [-0.25, -0.2) is 0 Å². The smallest absolute Gasteiger partial charge is 0.170 e. The van der Waals surface area contributed by atoms with Crippen LogP contribution in [0.3, 0.4) is 0 Å². The average molecular weight is 214 g/mol. The van der Waals surface area contributed by atoms with Gasteiger partial charge in [-0.2, -0.15) is 0 Å². The van der Waals surface area contributed by atoms with Gasteiger partial charge in [-0.15, -0.1) is 0 Å². The van der Waals surface area contributed by atoms with Crippen molar-refractivity contribution in [3.8, 4) is 0 Å². The zero-order valence-electron chi connectivity index (χ0n) is 7.65. The number of ether oxygens (including phenoxy) is 2. The fourth-order valence-corrected chi connectivity index (χ4v) is 1.66. The molecule has 0 radical (unpaired) electrons. The van der Waals surface area contributed by atoms with E-state index in [0.29, 0.717) is 18.2 Å². The van der Waals surface area contributed by atoms with Crippen LogP contribution in [0, 0.1) is 0 Å². The molecule has 2 N–H and O–H groups in total. The minimum Gasteiger partial charge on any atom is -0.348 e. The third kappa shape index (κ3) is 2.07. The van der Waals surface area contributed by atoms with E-state index in [2.05, 4.69) is 0 Å². The normalized spacial score (nSPS) is 26.7. The Morgan fingerprint density at radius 3 is 3.00 bits per heavy atom. The van der Waals surface area contributed by atoms with E-state index in [1.165, 1.54) is 0 Å². The quantitative estimate of drug-likeness (QED) is 0.814. The summed E-state index contributed by atoms with van der Waals surface area (Å²) in [5, 5.41) is 0.710. The van der Waals surface area contributed by atoms with Crippen LogP contribution in [0.2, 0.25) is 5.02 Å². The van der Waals surface area contributed by atoms with Gasteiger partial charge in [0, 0.05) is 11.6 Å². The molecule has 1 aromatic carbocycles. The second-order valence-electron chi connectivity index (χ2n) is 3.18. The molecular formula is C10H12ClNO2. The number of nitrogens with two attached hydrogens (primary N) is 1. The van der Waals surface area contributed by atoms with Crippen LogP contribution in [-0.4, -0.2) is 19.4 Å². The lowest BCUT2D eigenvalue weighted by molar-refractivity contribution is -0.0497. The minimum absolute atomic E-state index is 0.0396. The van der Waals surface area contributed by atoms with Gasteiger partial charge in [-0.1, -0.05) is 23.7 Å². The Bertz CT molecular complexity index is 319. The van der Waals surface area contributed by atoms with E-state index >= 15 is 0 Å². The molecule has 1 saturated heterocycles. The lowest BCUT2D eigenvalue weighted by Crippen LogP contribution is -2.20. The Labute approximate surface area is 87.8 Å². The Morgan fingerprint density at radius 1 is 1.50 bits per heavy atom. The number of hydrogen-bond acceptors (Lipinski definition) is 3. The van der Waals surface area contributed by atoms with Crippen LogP contribution in [0.4, 0.5) is 0 Å². The highest BCUT2D eigenvalue weighted by Crippen LogP contribution is 2.27. The number of halogens is 1. The Balaban J connectivity index is 2.09. The van der Waals surface area contributed by atoms with Crippen LogP contribution < -0.4 is 5.73 Å². The lowest BCUT2D eigenvalue weighted by atomic mass is 10.1. The number of rotatable bonds is 2. The van der Waals surface area contributed by atoms with Gasteiger partial charge >= 0.3 is 0 Å². The summed E-state index contributed by atoms with van der Waals surface area (Å²) in [5.41, 5.74) is 6.46. The molecule has 0 aromatic heterocycles. The van der Waals surface area contributed by atoms with Gasteiger partial charge in [0.25, 0.3) is 0 Å². The largest absolute Gasteiger partial charge is 0.348 e. The van der Waals surface area contributed by atoms with Crippen LogP contribution in [0.25, 0.3) is 0 Å². The molecular weight excluding hydrogens is 202 g/mol. The zero-order chi connectivity index (χ0) is 9.97. The van der Waals surface area contributed by atoms with Crippen molar-refractivity contribution in [2.45, 2.75) is 12.4 Å². The predicted octanol–water partition coefficient (Wildman–Crippen LogP) is 1.71. The molecule has 1 fully saturated rings. The Kier molecular flexibility index (Phi) is 3.03. The second kappa shape index (κ2) is 4.28. The molecule has 0 spiro atoms. The fraction of sp³-hybridized carbons (Fsp3) is 0.400. The average Bonchev–Trinajstić information content (AvgIpc) is 2.66. The van der Waals surface area contributed by atoms with Gasteiger partial charge in [-0.05, 0) is 17.7 Å². The molecule has 4 heteroatoms. The molecule has 76 valence electrons. The van der Waals surface area contributed by atoms with E-state index in [-0.39, 0.29) is 12.4 Å². The third-order valence-corrected chi connectivity index (χ3v) is 2.40. The molecule has 3 nitrogen and oxygen atoms in total. The summed E-state index contributed by atoms with van der Waals surface area (Å²) in [6, 6.07) is 7.59. The van der Waals surface area contributed by atoms with Crippen molar-refractivity contribution in [3.63, 3.8) is 0 Å². The first-order chi connectivity index (χ1) is 6.79. The van der Waals surface area contributed by atoms with Crippen LogP contribution in [0.5, 0.6) is 0 Å². The summed E-state index contributed by atoms with van der Waals surface area (Å²) in [6.07, 6.45) is -0.318. The molecule has 0 aliphatic carbocycles. The lowest BCUT2D eigenvalue weighted by Gasteiger charge is -2.09. The standard InChI is InChI=1S/C10H12ClNO2/c11-8-3-1-2-7(4-8)9-6-13-10(5-12)14-9/h1-4,9-10H,5-6,12H2. The van der Waals surface area contributed by atoms with Crippen LogP contribution in [0.15, 0.2) is 24.3 Å². The monoisotopic (exact) mass is 213 g/mol. The van der Waals surface area contributed by atoms with E-state index in [9.17, 15) is 0 Å². The molecule has 2 atom stereocenters. The summed E-state index contributed by atoms with van der Waals surface area (Å²) in [7, 11) is 0.